The van der Waals surface area contributed by atoms with Gasteiger partial charge in [-0.25, -0.2) is 0 Å². The van der Waals surface area contributed by atoms with Gasteiger partial charge in [-0.05, 0) is 12.8 Å². The maximum absolute atomic E-state index is 13.4. The van der Waals surface area contributed by atoms with Gasteiger partial charge in [-0.15, -0.1) is 12.3 Å². The first-order valence-corrected chi connectivity index (χ1v) is 7.46. The Morgan fingerprint density at radius 1 is 0.452 bits per heavy atom. The second kappa shape index (κ2) is 8.05. The van der Waals surface area contributed by atoms with Gasteiger partial charge in [-0.3, -0.25) is 0 Å². The van der Waals surface area contributed by atoms with Gasteiger partial charge in [-0.2, -0.15) is 74.6 Å². The molecular formula is C14H9F17. The summed E-state index contributed by atoms with van der Waals surface area (Å²) in [4.78, 5) is 0. The van der Waals surface area contributed by atoms with Crippen molar-refractivity contribution in [2.24, 2.45) is 0 Å². The third-order valence-electron chi connectivity index (χ3n) is 3.85. The topological polar surface area (TPSA) is 0 Å². The van der Waals surface area contributed by atoms with Gasteiger partial charge in [-0.1, -0.05) is 0 Å². The van der Waals surface area contributed by atoms with Gasteiger partial charge >= 0.3 is 47.6 Å². The van der Waals surface area contributed by atoms with Crippen molar-refractivity contribution in [2.75, 3.05) is 0 Å². The molecule has 0 aliphatic carbocycles. The molecule has 0 spiro atoms. The SMILES string of the molecule is C#CCCCCC(F)(F)C(F)(F)C(F)(F)C(F)(F)C(F)(F)C(F)(F)C(F)(F)C(F)(F)F. The average Bonchev–Trinajstić information content (AvgIpc) is 2.56. The maximum atomic E-state index is 13.4. The summed E-state index contributed by atoms with van der Waals surface area (Å²) in [6.07, 6.45) is -7.78. The smallest absolute Gasteiger partial charge is 0.200 e. The van der Waals surface area contributed by atoms with Gasteiger partial charge in [0.1, 0.15) is 0 Å². The molecule has 0 aliphatic rings. The highest BCUT2D eigenvalue weighted by Crippen LogP contribution is 2.64. The van der Waals surface area contributed by atoms with E-state index < -0.39 is 73.3 Å². The second-order valence-corrected chi connectivity index (χ2v) is 6.06. The minimum Gasteiger partial charge on any atom is -0.200 e. The lowest BCUT2D eigenvalue weighted by atomic mass is 9.88. The van der Waals surface area contributed by atoms with Crippen LogP contribution in [0.1, 0.15) is 25.7 Å². The summed E-state index contributed by atoms with van der Waals surface area (Å²) in [5.41, 5.74) is 0. The molecule has 0 aromatic rings. The summed E-state index contributed by atoms with van der Waals surface area (Å²) in [7, 11) is 0. The summed E-state index contributed by atoms with van der Waals surface area (Å²) in [5, 5.41) is 0. The zero-order chi connectivity index (χ0) is 25.5. The van der Waals surface area contributed by atoms with E-state index in [-0.39, 0.29) is 0 Å². The largest absolute Gasteiger partial charge is 0.460 e. The van der Waals surface area contributed by atoms with Crippen molar-refractivity contribution in [3.63, 3.8) is 0 Å². The Morgan fingerprint density at radius 2 is 0.774 bits per heavy atom. The molecule has 17 heteroatoms. The number of rotatable bonds is 10. The van der Waals surface area contributed by atoms with Crippen LogP contribution in [-0.2, 0) is 0 Å². The van der Waals surface area contributed by atoms with Gasteiger partial charge in [0, 0.05) is 12.8 Å². The summed E-state index contributed by atoms with van der Waals surface area (Å²) in [6.45, 7) is 0. The number of unbranched alkanes of at least 4 members (excludes halogenated alkanes) is 2. The van der Waals surface area contributed by atoms with E-state index in [9.17, 15) is 74.6 Å². The molecule has 0 heterocycles. The molecule has 0 amide bonds. The van der Waals surface area contributed by atoms with Gasteiger partial charge in [0.15, 0.2) is 0 Å². The molecule has 0 radical (unpaired) electrons. The third kappa shape index (κ3) is 4.22. The van der Waals surface area contributed by atoms with E-state index in [1.54, 1.807) is 5.92 Å². The van der Waals surface area contributed by atoms with E-state index in [0.717, 1.165) is 0 Å². The molecule has 0 rings (SSSR count). The standard InChI is InChI=1S/C14H9F17/c1-2-3-4-5-6-7(15,16)8(17,18)9(19,20)10(21,22)11(23,24)12(25,26)13(27,28)14(29,30)31/h1H,3-6H2. The molecule has 0 bridgehead atoms. The highest BCUT2D eigenvalue weighted by molar-refractivity contribution is 5.15. The minimum atomic E-state index is -8.59. The Kier molecular flexibility index (Phi) is 7.63. The summed E-state index contributed by atoms with van der Waals surface area (Å²) in [6, 6.07) is 0. The van der Waals surface area contributed by atoms with E-state index in [2.05, 4.69) is 6.42 Å². The highest BCUT2D eigenvalue weighted by atomic mass is 19.4. The second-order valence-electron chi connectivity index (χ2n) is 6.06. The fourth-order valence-corrected chi connectivity index (χ4v) is 1.93. The van der Waals surface area contributed by atoms with Crippen LogP contribution in [0.3, 0.4) is 0 Å². The first-order chi connectivity index (χ1) is 13.3. The lowest BCUT2D eigenvalue weighted by Crippen LogP contribution is -2.74. The molecule has 184 valence electrons. The lowest BCUT2D eigenvalue weighted by Gasteiger charge is -2.42. The van der Waals surface area contributed by atoms with Crippen molar-refractivity contribution in [3.05, 3.63) is 0 Å². The Balaban J connectivity index is 6.41. The Bertz CT molecular complexity index is 663. The van der Waals surface area contributed by atoms with Crippen molar-refractivity contribution < 1.29 is 74.6 Å². The predicted octanol–water partition coefficient (Wildman–Crippen LogP) is 7.19. The Hall–Kier alpha value is -1.63. The molecule has 0 N–H and O–H groups in total. The molecule has 0 fully saturated rings. The van der Waals surface area contributed by atoms with Gasteiger partial charge in [0.25, 0.3) is 0 Å². The molecule has 0 aliphatic heterocycles. The summed E-state index contributed by atoms with van der Waals surface area (Å²) in [5.74, 6) is -54.1. The molecule has 0 saturated carbocycles. The normalized spacial score (nSPS) is 15.7. The molecule has 0 unspecified atom stereocenters. The van der Waals surface area contributed by atoms with Crippen molar-refractivity contribution in [3.8, 4) is 12.3 Å². The van der Waals surface area contributed by atoms with Crippen LogP contribution in [-0.4, -0.2) is 47.6 Å². The van der Waals surface area contributed by atoms with Crippen LogP contribution in [0.25, 0.3) is 0 Å². The number of halogens is 17. The highest BCUT2D eigenvalue weighted by Gasteiger charge is 2.95. The molecular weight excluding hydrogens is 491 g/mol. The van der Waals surface area contributed by atoms with Crippen LogP contribution < -0.4 is 0 Å². The van der Waals surface area contributed by atoms with Gasteiger partial charge in [0.2, 0.25) is 0 Å². The fourth-order valence-electron chi connectivity index (χ4n) is 1.93. The van der Waals surface area contributed by atoms with Crippen LogP contribution in [0.4, 0.5) is 74.6 Å². The molecule has 0 aromatic carbocycles. The monoisotopic (exact) mass is 500 g/mol. The van der Waals surface area contributed by atoms with Gasteiger partial charge < -0.3 is 0 Å². The molecule has 0 nitrogen and oxygen atoms in total. The average molecular weight is 500 g/mol. The van der Waals surface area contributed by atoms with Gasteiger partial charge in [0.05, 0.1) is 0 Å². The zero-order valence-corrected chi connectivity index (χ0v) is 14.3. The summed E-state index contributed by atoms with van der Waals surface area (Å²) < 4.78 is 220. The van der Waals surface area contributed by atoms with E-state index in [4.69, 9.17) is 0 Å². The third-order valence-corrected chi connectivity index (χ3v) is 3.85. The molecule has 0 saturated heterocycles. The van der Waals surface area contributed by atoms with E-state index in [1.165, 1.54) is 0 Å². The Morgan fingerprint density at radius 3 is 1.10 bits per heavy atom. The first-order valence-electron chi connectivity index (χ1n) is 7.46. The lowest BCUT2D eigenvalue weighted by molar-refractivity contribution is -0.461. The number of alkyl halides is 17. The molecule has 31 heavy (non-hydrogen) atoms. The van der Waals surface area contributed by atoms with E-state index in [0.29, 0.717) is 0 Å². The number of hydrogen-bond acceptors (Lipinski definition) is 0. The van der Waals surface area contributed by atoms with Crippen LogP contribution in [0.2, 0.25) is 0 Å². The van der Waals surface area contributed by atoms with E-state index in [1.807, 2.05) is 0 Å². The maximum Gasteiger partial charge on any atom is 0.460 e. The number of terminal acetylenes is 1. The van der Waals surface area contributed by atoms with Crippen molar-refractivity contribution >= 4 is 0 Å². The fraction of sp³-hybridized carbons (Fsp3) is 0.857. The van der Waals surface area contributed by atoms with Crippen LogP contribution in [0.5, 0.6) is 0 Å². The van der Waals surface area contributed by atoms with Crippen LogP contribution in [0, 0.1) is 12.3 Å². The first kappa shape index (κ1) is 29.4. The van der Waals surface area contributed by atoms with Crippen LogP contribution in [0.15, 0.2) is 0 Å². The Labute approximate surface area is 161 Å². The molecule has 0 atom stereocenters. The van der Waals surface area contributed by atoms with Crippen LogP contribution >= 0.6 is 0 Å². The minimum absolute atomic E-state index is 0.426. The quantitative estimate of drug-likeness (QED) is 0.169. The van der Waals surface area contributed by atoms with Crippen molar-refractivity contribution in [1.29, 1.82) is 0 Å². The van der Waals surface area contributed by atoms with Crippen molar-refractivity contribution in [1.82, 2.24) is 0 Å². The zero-order valence-electron chi connectivity index (χ0n) is 14.3. The number of hydrogen-bond donors (Lipinski definition) is 0. The predicted molar refractivity (Wildman–Crippen MR) is 68.0 cm³/mol. The van der Waals surface area contributed by atoms with Crippen molar-refractivity contribution in [2.45, 2.75) is 73.3 Å². The molecule has 0 aromatic heterocycles. The van der Waals surface area contributed by atoms with E-state index >= 15 is 0 Å². The summed E-state index contributed by atoms with van der Waals surface area (Å²) >= 11 is 0.